The van der Waals surface area contributed by atoms with Crippen LogP contribution in [0.25, 0.3) is 0 Å². The van der Waals surface area contributed by atoms with Gasteiger partial charge in [0.2, 0.25) is 11.8 Å². The van der Waals surface area contributed by atoms with E-state index in [2.05, 4.69) is 20.6 Å². The molecule has 3 rings (SSSR count). The maximum absolute atomic E-state index is 12.0. The SMILES string of the molecule is CO[N+](=O)c1cnc(NCc2cc(Cl)ccc2Cl)nc1NC[C@H]1CC[C@H](CN)CC1. The highest BCUT2D eigenvalue weighted by Crippen LogP contribution is 2.30. The van der Waals surface area contributed by atoms with Crippen molar-refractivity contribution >= 4 is 40.7 Å². The molecule has 1 heterocycles. The summed E-state index contributed by atoms with van der Waals surface area (Å²) in [5, 5.41) is 7.62. The van der Waals surface area contributed by atoms with Gasteiger partial charge in [-0.25, -0.2) is 9.82 Å². The first-order valence-electron chi connectivity index (χ1n) is 10.00. The van der Waals surface area contributed by atoms with E-state index in [0.29, 0.717) is 45.1 Å². The number of nitrogens with one attached hydrogen (secondary N) is 2. The van der Waals surface area contributed by atoms with Crippen LogP contribution in [0.4, 0.5) is 17.5 Å². The number of hydrogen-bond acceptors (Lipinski definition) is 7. The van der Waals surface area contributed by atoms with Gasteiger partial charge in [-0.15, -0.1) is 0 Å². The van der Waals surface area contributed by atoms with Crippen LogP contribution in [0, 0.1) is 16.7 Å². The molecule has 30 heavy (non-hydrogen) atoms. The minimum Gasteiger partial charge on any atom is -0.364 e. The fourth-order valence-corrected chi connectivity index (χ4v) is 3.97. The van der Waals surface area contributed by atoms with E-state index in [1.54, 1.807) is 18.2 Å². The van der Waals surface area contributed by atoms with Crippen molar-refractivity contribution in [2.24, 2.45) is 17.6 Å². The Balaban J connectivity index is 1.68. The summed E-state index contributed by atoms with van der Waals surface area (Å²) in [5.41, 5.74) is 6.82. The van der Waals surface area contributed by atoms with E-state index in [1.165, 1.54) is 13.3 Å². The van der Waals surface area contributed by atoms with E-state index >= 15 is 0 Å². The van der Waals surface area contributed by atoms with Crippen LogP contribution in [0.5, 0.6) is 0 Å². The zero-order valence-corrected chi connectivity index (χ0v) is 18.4. The van der Waals surface area contributed by atoms with E-state index < -0.39 is 0 Å². The summed E-state index contributed by atoms with van der Waals surface area (Å²) in [5.74, 6) is 1.92. The number of rotatable bonds is 9. The van der Waals surface area contributed by atoms with Crippen molar-refractivity contribution in [3.63, 3.8) is 0 Å². The first-order valence-corrected chi connectivity index (χ1v) is 10.8. The van der Waals surface area contributed by atoms with Crippen LogP contribution in [0.1, 0.15) is 31.2 Å². The molecule has 1 aromatic carbocycles. The molecule has 4 N–H and O–H groups in total. The van der Waals surface area contributed by atoms with Gasteiger partial charge in [0.25, 0.3) is 4.92 Å². The molecule has 10 heteroatoms. The monoisotopic (exact) mass is 453 g/mol. The Bertz CT molecular complexity index is 874. The van der Waals surface area contributed by atoms with Crippen molar-refractivity contribution < 1.29 is 9.76 Å². The highest BCUT2D eigenvalue weighted by atomic mass is 35.5. The quantitative estimate of drug-likeness (QED) is 0.478. The Morgan fingerprint density at radius 2 is 1.93 bits per heavy atom. The van der Waals surface area contributed by atoms with Gasteiger partial charge in [0.15, 0.2) is 7.11 Å². The fourth-order valence-electron chi connectivity index (χ4n) is 3.59. The van der Waals surface area contributed by atoms with Gasteiger partial charge in [-0.2, -0.15) is 4.98 Å². The number of hydrogen-bond donors (Lipinski definition) is 3. The van der Waals surface area contributed by atoms with Gasteiger partial charge >= 0.3 is 5.69 Å². The van der Waals surface area contributed by atoms with Crippen molar-refractivity contribution in [3.8, 4) is 0 Å². The Labute approximate surface area is 186 Å². The van der Waals surface area contributed by atoms with E-state index in [0.717, 1.165) is 44.3 Å². The van der Waals surface area contributed by atoms with Gasteiger partial charge in [0.05, 0.1) is 4.91 Å². The number of nitrogens with two attached hydrogens (primary N) is 1. The third-order valence-corrected chi connectivity index (χ3v) is 6.04. The molecule has 1 saturated carbocycles. The van der Waals surface area contributed by atoms with E-state index in [-0.39, 0.29) is 5.69 Å². The Morgan fingerprint density at radius 1 is 1.20 bits per heavy atom. The second-order valence-corrected chi connectivity index (χ2v) is 8.30. The number of anilines is 2. The lowest BCUT2D eigenvalue weighted by molar-refractivity contribution is -0.736. The zero-order valence-electron chi connectivity index (χ0n) is 16.9. The molecule has 8 nitrogen and oxygen atoms in total. The predicted octanol–water partition coefficient (Wildman–Crippen LogP) is 4.54. The molecule has 0 aliphatic heterocycles. The average Bonchev–Trinajstić information content (AvgIpc) is 2.78. The fraction of sp³-hybridized carbons (Fsp3) is 0.500. The van der Waals surface area contributed by atoms with Crippen LogP contribution < -0.4 is 16.4 Å². The van der Waals surface area contributed by atoms with Crippen LogP contribution in [-0.2, 0) is 11.4 Å². The summed E-state index contributed by atoms with van der Waals surface area (Å²) in [4.78, 5) is 25.9. The molecular formula is C20H27Cl2N6O2+. The smallest absolute Gasteiger partial charge is 0.364 e. The first-order chi connectivity index (χ1) is 14.5. The number of benzene rings is 1. The number of aromatic nitrogens is 2. The highest BCUT2D eigenvalue weighted by Gasteiger charge is 2.26. The van der Waals surface area contributed by atoms with Crippen LogP contribution in [0.2, 0.25) is 10.0 Å². The van der Waals surface area contributed by atoms with Crippen LogP contribution >= 0.6 is 23.2 Å². The Kier molecular flexibility index (Phi) is 8.07. The lowest BCUT2D eigenvalue weighted by Crippen LogP contribution is -2.25. The maximum Gasteiger partial charge on any atom is 0.376 e. The van der Waals surface area contributed by atoms with Crippen molar-refractivity contribution in [2.75, 3.05) is 30.8 Å². The van der Waals surface area contributed by atoms with Crippen molar-refractivity contribution in [3.05, 3.63) is 44.9 Å². The zero-order chi connectivity index (χ0) is 21.5. The summed E-state index contributed by atoms with van der Waals surface area (Å²) in [6.07, 6.45) is 5.92. The first kappa shape index (κ1) is 22.5. The molecule has 1 aromatic heterocycles. The molecule has 162 valence electrons. The van der Waals surface area contributed by atoms with Gasteiger partial charge < -0.3 is 16.4 Å². The molecule has 0 amide bonds. The third kappa shape index (κ3) is 5.93. The second kappa shape index (κ2) is 10.7. The minimum atomic E-state index is 0.222. The molecule has 0 bridgehead atoms. The topological polar surface area (TPSA) is 105 Å². The average molecular weight is 454 g/mol. The lowest BCUT2D eigenvalue weighted by atomic mass is 9.82. The normalized spacial score (nSPS) is 18.7. The highest BCUT2D eigenvalue weighted by molar-refractivity contribution is 6.33. The van der Waals surface area contributed by atoms with Gasteiger partial charge in [-0.1, -0.05) is 23.2 Å². The Hall–Kier alpha value is -2.16. The summed E-state index contributed by atoms with van der Waals surface area (Å²) < 4.78 is 0. The molecule has 1 aliphatic carbocycles. The molecule has 0 atom stereocenters. The predicted molar refractivity (Wildman–Crippen MR) is 119 cm³/mol. The van der Waals surface area contributed by atoms with Crippen molar-refractivity contribution in [1.82, 2.24) is 9.97 Å². The molecule has 1 fully saturated rings. The van der Waals surface area contributed by atoms with Crippen molar-refractivity contribution in [1.29, 1.82) is 0 Å². The molecule has 0 radical (unpaired) electrons. The largest absolute Gasteiger partial charge is 0.376 e. The molecule has 0 saturated heterocycles. The molecule has 0 spiro atoms. The lowest BCUT2D eigenvalue weighted by Gasteiger charge is -2.27. The van der Waals surface area contributed by atoms with E-state index in [4.69, 9.17) is 33.8 Å². The van der Waals surface area contributed by atoms with Crippen LogP contribution in [0.15, 0.2) is 24.4 Å². The molecular weight excluding hydrogens is 427 g/mol. The van der Waals surface area contributed by atoms with Gasteiger partial charge in [-0.3, -0.25) is 0 Å². The summed E-state index contributed by atoms with van der Waals surface area (Å²) in [6.45, 7) is 1.87. The van der Waals surface area contributed by atoms with Crippen LogP contribution in [-0.4, -0.2) is 35.1 Å². The standard InChI is InChI=1S/C20H27Cl2N6O2/c1-30-28(29)18-12-26-20(25-11-15-8-16(21)6-7-17(15)22)27-19(18)24-10-14-4-2-13(9-23)3-5-14/h6-8,12-14H,2-5,9-11,23H2,1H3,(H2,24,25,26,27)/q+1/t13-,14-. The second-order valence-electron chi connectivity index (χ2n) is 7.46. The minimum absolute atomic E-state index is 0.222. The third-order valence-electron chi connectivity index (χ3n) is 5.43. The summed E-state index contributed by atoms with van der Waals surface area (Å²) in [7, 11) is 1.30. The number of nitrogens with zero attached hydrogens (tertiary/aromatic N) is 3. The molecule has 0 unspecified atom stereocenters. The summed E-state index contributed by atoms with van der Waals surface area (Å²) in [6, 6.07) is 5.26. The van der Waals surface area contributed by atoms with Gasteiger partial charge in [-0.05, 0) is 67.8 Å². The number of halogens is 2. The van der Waals surface area contributed by atoms with Gasteiger partial charge in [0.1, 0.15) is 6.20 Å². The summed E-state index contributed by atoms with van der Waals surface area (Å²) >= 11 is 12.3. The van der Waals surface area contributed by atoms with Gasteiger partial charge in [0, 0.05) is 23.1 Å². The van der Waals surface area contributed by atoms with E-state index in [1.807, 2.05) is 0 Å². The van der Waals surface area contributed by atoms with Crippen molar-refractivity contribution in [2.45, 2.75) is 32.2 Å². The Morgan fingerprint density at radius 3 is 2.63 bits per heavy atom. The molecule has 1 aliphatic rings. The maximum atomic E-state index is 12.0. The van der Waals surface area contributed by atoms with E-state index in [9.17, 15) is 4.91 Å². The molecule has 2 aromatic rings. The van der Waals surface area contributed by atoms with Crippen LogP contribution in [0.3, 0.4) is 0 Å².